The van der Waals surface area contributed by atoms with Gasteiger partial charge in [0, 0.05) is 12.5 Å². The molecule has 0 radical (unpaired) electrons. The lowest BCUT2D eigenvalue weighted by molar-refractivity contribution is -0.123. The van der Waals surface area contributed by atoms with Crippen molar-refractivity contribution in [3.8, 4) is 5.75 Å². The van der Waals surface area contributed by atoms with E-state index in [9.17, 15) is 13.2 Å². The Balaban J connectivity index is 2.60. The van der Waals surface area contributed by atoms with Crippen LogP contribution < -0.4 is 15.8 Å². The lowest BCUT2D eigenvalue weighted by atomic mass is 10.2. The summed E-state index contributed by atoms with van der Waals surface area (Å²) in [5, 5.41) is 2.73. The minimum Gasteiger partial charge on any atom is -0.497 e. The van der Waals surface area contributed by atoms with Crippen LogP contribution in [-0.2, 0) is 14.6 Å². The van der Waals surface area contributed by atoms with E-state index >= 15 is 0 Å². The Morgan fingerprint density at radius 3 is 2.45 bits per heavy atom. The first-order chi connectivity index (χ1) is 10.4. The van der Waals surface area contributed by atoms with E-state index in [1.165, 1.54) is 19.2 Å². The van der Waals surface area contributed by atoms with Gasteiger partial charge in [0.15, 0.2) is 9.84 Å². The molecule has 0 aliphatic carbocycles. The molecule has 7 heteroatoms. The van der Waals surface area contributed by atoms with E-state index in [-0.39, 0.29) is 16.6 Å². The van der Waals surface area contributed by atoms with Crippen LogP contribution >= 0.6 is 0 Å². The monoisotopic (exact) mass is 328 g/mol. The first-order valence-corrected chi connectivity index (χ1v) is 8.90. The third-order valence-electron chi connectivity index (χ3n) is 3.27. The van der Waals surface area contributed by atoms with Gasteiger partial charge in [0.25, 0.3) is 0 Å². The molecule has 0 aliphatic rings. The normalized spacial score (nSPS) is 12.7. The first-order valence-electron chi connectivity index (χ1n) is 7.25. The number of nitrogens with two attached hydrogens (primary N) is 1. The van der Waals surface area contributed by atoms with Gasteiger partial charge < -0.3 is 15.8 Å². The Kier molecular flexibility index (Phi) is 7.34. The van der Waals surface area contributed by atoms with Crippen LogP contribution in [0.4, 0.5) is 0 Å². The van der Waals surface area contributed by atoms with Gasteiger partial charge in [-0.1, -0.05) is 6.92 Å². The summed E-state index contributed by atoms with van der Waals surface area (Å²) in [5.74, 6) is -0.495. The van der Waals surface area contributed by atoms with Crippen LogP contribution in [0.1, 0.15) is 19.8 Å². The van der Waals surface area contributed by atoms with E-state index in [2.05, 4.69) is 5.32 Å². The van der Waals surface area contributed by atoms with Crippen molar-refractivity contribution in [2.75, 3.05) is 26.0 Å². The topological polar surface area (TPSA) is 98.5 Å². The molecule has 1 atom stereocenters. The predicted molar refractivity (Wildman–Crippen MR) is 85.5 cm³/mol. The predicted octanol–water partition coefficient (Wildman–Crippen LogP) is 0.960. The molecule has 124 valence electrons. The molecule has 1 aromatic rings. The second-order valence-electron chi connectivity index (χ2n) is 5.14. The fraction of sp³-hybridized carbons (Fsp3) is 0.533. The quantitative estimate of drug-likeness (QED) is 0.658. The highest BCUT2D eigenvalue weighted by atomic mass is 32.2. The smallest absolute Gasteiger partial charge is 0.223 e. The van der Waals surface area contributed by atoms with Crippen LogP contribution in [0.25, 0.3) is 0 Å². The second-order valence-corrected chi connectivity index (χ2v) is 7.18. The summed E-state index contributed by atoms with van der Waals surface area (Å²) >= 11 is 0. The summed E-state index contributed by atoms with van der Waals surface area (Å²) in [7, 11) is -1.99. The van der Waals surface area contributed by atoms with E-state index in [0.29, 0.717) is 18.8 Å². The molecule has 1 aromatic carbocycles. The highest BCUT2D eigenvalue weighted by Gasteiger charge is 2.23. The summed E-state index contributed by atoms with van der Waals surface area (Å²) in [5.41, 5.74) is 5.37. The average Bonchev–Trinajstić information content (AvgIpc) is 2.51. The van der Waals surface area contributed by atoms with E-state index in [4.69, 9.17) is 10.5 Å². The molecule has 1 amide bonds. The summed E-state index contributed by atoms with van der Waals surface area (Å²) in [4.78, 5) is 12.1. The van der Waals surface area contributed by atoms with Crippen molar-refractivity contribution in [3.63, 3.8) is 0 Å². The van der Waals surface area contributed by atoms with E-state index in [1.54, 1.807) is 19.1 Å². The molecule has 0 aliphatic heterocycles. The number of carbonyl (C=O) groups is 1. The summed E-state index contributed by atoms with van der Waals surface area (Å²) in [6.45, 7) is 2.71. The molecule has 0 saturated heterocycles. The van der Waals surface area contributed by atoms with Crippen molar-refractivity contribution in [3.05, 3.63) is 24.3 Å². The highest BCUT2D eigenvalue weighted by Crippen LogP contribution is 2.18. The fourth-order valence-corrected chi connectivity index (χ4v) is 3.49. The van der Waals surface area contributed by atoms with Gasteiger partial charge in [-0.05, 0) is 43.7 Å². The van der Waals surface area contributed by atoms with Crippen molar-refractivity contribution >= 4 is 15.7 Å². The van der Waals surface area contributed by atoms with Crippen molar-refractivity contribution in [1.29, 1.82) is 0 Å². The van der Waals surface area contributed by atoms with E-state index in [0.717, 1.165) is 12.8 Å². The Morgan fingerprint density at radius 1 is 1.27 bits per heavy atom. The molecule has 0 fully saturated rings. The Bertz CT molecular complexity index is 570. The van der Waals surface area contributed by atoms with E-state index < -0.39 is 15.8 Å². The fourth-order valence-electron chi connectivity index (χ4n) is 1.94. The van der Waals surface area contributed by atoms with Crippen molar-refractivity contribution in [2.24, 2.45) is 11.7 Å². The molecule has 1 rings (SSSR count). The number of unbranched alkanes of at least 4 members (excludes halogenated alkanes) is 1. The standard InChI is InChI=1S/C15H24N2O4S/c1-12(15(18)17-10-4-3-9-16)11-22(19,20)14-7-5-13(21-2)6-8-14/h5-8,12H,3-4,9-11,16H2,1-2H3,(H,17,18). The maximum absolute atomic E-state index is 12.3. The number of nitrogens with one attached hydrogen (secondary N) is 1. The Labute approximate surface area is 132 Å². The van der Waals surface area contributed by atoms with Crippen molar-refractivity contribution in [2.45, 2.75) is 24.7 Å². The number of benzene rings is 1. The SMILES string of the molecule is COc1ccc(S(=O)(=O)CC(C)C(=O)NCCCCN)cc1. The Morgan fingerprint density at radius 2 is 1.91 bits per heavy atom. The van der Waals surface area contributed by atoms with Gasteiger partial charge in [-0.2, -0.15) is 0 Å². The number of hydrogen-bond donors (Lipinski definition) is 2. The van der Waals surface area contributed by atoms with Gasteiger partial charge in [0.2, 0.25) is 5.91 Å². The van der Waals surface area contributed by atoms with Crippen molar-refractivity contribution < 1.29 is 17.9 Å². The summed E-state index contributed by atoms with van der Waals surface area (Å²) in [6.07, 6.45) is 1.62. The molecular formula is C15H24N2O4S. The maximum atomic E-state index is 12.3. The van der Waals surface area contributed by atoms with Gasteiger partial charge in [-0.3, -0.25) is 4.79 Å². The summed E-state index contributed by atoms with van der Waals surface area (Å²) < 4.78 is 29.6. The van der Waals surface area contributed by atoms with Gasteiger partial charge >= 0.3 is 0 Å². The third-order valence-corrected chi connectivity index (χ3v) is 5.19. The van der Waals surface area contributed by atoms with Gasteiger partial charge in [-0.15, -0.1) is 0 Å². The zero-order valence-electron chi connectivity index (χ0n) is 13.0. The Hall–Kier alpha value is -1.60. The lowest BCUT2D eigenvalue weighted by Crippen LogP contribution is -2.33. The number of hydrogen-bond acceptors (Lipinski definition) is 5. The summed E-state index contributed by atoms with van der Waals surface area (Å²) in [6, 6.07) is 6.15. The molecular weight excluding hydrogens is 304 g/mol. The molecule has 1 unspecified atom stereocenters. The average molecular weight is 328 g/mol. The van der Waals surface area contributed by atoms with Crippen LogP contribution in [-0.4, -0.2) is 40.3 Å². The first kappa shape index (κ1) is 18.4. The molecule has 0 heterocycles. The number of amides is 1. The second kappa shape index (κ2) is 8.75. The maximum Gasteiger partial charge on any atom is 0.223 e. The van der Waals surface area contributed by atoms with Crippen LogP contribution in [0.2, 0.25) is 0 Å². The zero-order valence-corrected chi connectivity index (χ0v) is 13.9. The molecule has 0 aromatic heterocycles. The molecule has 0 bridgehead atoms. The molecule has 6 nitrogen and oxygen atoms in total. The molecule has 3 N–H and O–H groups in total. The molecule has 0 spiro atoms. The molecule has 22 heavy (non-hydrogen) atoms. The third kappa shape index (κ3) is 5.65. The zero-order chi connectivity index (χ0) is 16.6. The highest BCUT2D eigenvalue weighted by molar-refractivity contribution is 7.91. The number of rotatable bonds is 9. The van der Waals surface area contributed by atoms with Crippen LogP contribution in [0.5, 0.6) is 5.75 Å². The number of methoxy groups -OCH3 is 1. The molecule has 0 saturated carbocycles. The number of carbonyl (C=O) groups excluding carboxylic acids is 1. The number of sulfone groups is 1. The largest absolute Gasteiger partial charge is 0.497 e. The minimum absolute atomic E-state index is 0.191. The van der Waals surface area contributed by atoms with E-state index in [1.807, 2.05) is 0 Å². The van der Waals surface area contributed by atoms with Crippen LogP contribution in [0.15, 0.2) is 29.2 Å². The lowest BCUT2D eigenvalue weighted by Gasteiger charge is -2.13. The van der Waals surface area contributed by atoms with Crippen molar-refractivity contribution in [1.82, 2.24) is 5.32 Å². The number of ether oxygens (including phenoxy) is 1. The van der Waals surface area contributed by atoms with Crippen LogP contribution in [0, 0.1) is 5.92 Å². The van der Waals surface area contributed by atoms with Gasteiger partial charge in [-0.25, -0.2) is 8.42 Å². The van der Waals surface area contributed by atoms with Gasteiger partial charge in [0.05, 0.1) is 17.8 Å². The minimum atomic E-state index is -3.50. The van der Waals surface area contributed by atoms with Crippen LogP contribution in [0.3, 0.4) is 0 Å². The van der Waals surface area contributed by atoms with Gasteiger partial charge in [0.1, 0.15) is 5.75 Å².